The first-order valence-electron chi connectivity index (χ1n) is 9.36. The van der Waals surface area contributed by atoms with Crippen LogP contribution in [0.15, 0.2) is 35.7 Å². The Morgan fingerprint density at radius 2 is 1.71 bits per heavy atom. The highest BCUT2D eigenvalue weighted by Crippen LogP contribution is 2.48. The molecule has 3 aromatic rings. The summed E-state index contributed by atoms with van der Waals surface area (Å²) in [5, 5.41) is 1.90. The Kier molecular flexibility index (Phi) is 7.23. The Bertz CT molecular complexity index is 1120. The number of aromatic nitrogens is 1. The number of hydrogen-bond acceptors (Lipinski definition) is 8. The molecule has 10 heteroatoms. The molecule has 0 saturated heterocycles. The number of phosphoric acid groups is 1. The van der Waals surface area contributed by atoms with Crippen LogP contribution in [0.3, 0.4) is 0 Å². The van der Waals surface area contributed by atoms with Gasteiger partial charge in [0.1, 0.15) is 0 Å². The smallest absolute Gasteiger partial charge is 0.493 e. The lowest BCUT2D eigenvalue weighted by molar-refractivity contribution is 0.210. The van der Waals surface area contributed by atoms with Crippen LogP contribution >= 0.6 is 19.4 Å². The summed E-state index contributed by atoms with van der Waals surface area (Å²) >= 11 is 1.30. The quantitative estimate of drug-likeness (QED) is 0.424. The minimum Gasteiger partial charge on any atom is -0.493 e. The summed E-state index contributed by atoms with van der Waals surface area (Å²) in [7, 11) is 0.364. The van der Waals surface area contributed by atoms with E-state index in [1.165, 1.54) is 18.6 Å². The molecule has 0 saturated carbocycles. The van der Waals surface area contributed by atoms with Crippen LogP contribution in [0, 0.1) is 6.92 Å². The molecule has 8 nitrogen and oxygen atoms in total. The number of nitrogens with zero attached hydrogens (tertiary/aromatic N) is 1. The first-order chi connectivity index (χ1) is 14.8. The molecule has 31 heavy (non-hydrogen) atoms. The van der Waals surface area contributed by atoms with Crippen molar-refractivity contribution in [1.29, 1.82) is 0 Å². The summed E-state index contributed by atoms with van der Waals surface area (Å²) < 4.78 is 42.9. The van der Waals surface area contributed by atoms with Crippen molar-refractivity contribution in [3.63, 3.8) is 0 Å². The van der Waals surface area contributed by atoms with Crippen molar-refractivity contribution in [3.05, 3.63) is 41.3 Å². The summed E-state index contributed by atoms with van der Waals surface area (Å²) in [5.74, 6) is 1.68. The van der Waals surface area contributed by atoms with Crippen molar-refractivity contribution < 1.29 is 32.7 Å². The van der Waals surface area contributed by atoms with Crippen LogP contribution in [0.5, 0.6) is 23.0 Å². The highest BCUT2D eigenvalue weighted by molar-refractivity contribution is 7.47. The topological polar surface area (TPSA) is 96.3 Å². The Morgan fingerprint density at radius 3 is 2.35 bits per heavy atom. The summed E-state index contributed by atoms with van der Waals surface area (Å²) in [6, 6.07) is 8.95. The predicted octanol–water partition coefficient (Wildman–Crippen LogP) is 5.33. The maximum absolute atomic E-state index is 12.1. The van der Waals surface area contributed by atoms with Gasteiger partial charge in [0.2, 0.25) is 0 Å². The molecule has 0 spiro atoms. The van der Waals surface area contributed by atoms with Crippen molar-refractivity contribution in [3.8, 4) is 45.4 Å². The molecule has 1 unspecified atom stereocenters. The predicted molar refractivity (Wildman–Crippen MR) is 119 cm³/mol. The number of phosphoric ester groups is 1. The van der Waals surface area contributed by atoms with Crippen LogP contribution in [0.1, 0.15) is 12.5 Å². The molecule has 166 valence electrons. The van der Waals surface area contributed by atoms with E-state index in [1.807, 2.05) is 30.5 Å². The van der Waals surface area contributed by atoms with E-state index in [0.29, 0.717) is 17.2 Å². The van der Waals surface area contributed by atoms with E-state index in [4.69, 9.17) is 23.3 Å². The molecular formula is C21H24NO7PS. The van der Waals surface area contributed by atoms with Gasteiger partial charge in [-0.15, -0.1) is 0 Å². The SMILES string of the molecule is CCOP(=O)(O)Oc1cc(-c2csnc2-c2cc(C)c(OC)c(OC)c2)ccc1OC. The summed E-state index contributed by atoms with van der Waals surface area (Å²) in [6.07, 6.45) is 0. The molecule has 0 amide bonds. The molecule has 0 bridgehead atoms. The third-order valence-corrected chi connectivity index (χ3v) is 6.13. The maximum Gasteiger partial charge on any atom is 0.527 e. The first-order valence-corrected chi connectivity index (χ1v) is 11.7. The van der Waals surface area contributed by atoms with Gasteiger partial charge >= 0.3 is 7.82 Å². The molecule has 1 aromatic heterocycles. The average molecular weight is 465 g/mol. The highest BCUT2D eigenvalue weighted by atomic mass is 32.1. The zero-order valence-electron chi connectivity index (χ0n) is 17.9. The van der Waals surface area contributed by atoms with Gasteiger partial charge in [-0.25, -0.2) is 4.57 Å². The lowest BCUT2D eigenvalue weighted by Gasteiger charge is -2.16. The second-order valence-corrected chi connectivity index (χ2v) is 8.46. The van der Waals surface area contributed by atoms with Crippen LogP contribution in [0.4, 0.5) is 0 Å². The molecule has 3 rings (SSSR count). The van der Waals surface area contributed by atoms with Crippen LogP contribution in [0.2, 0.25) is 0 Å². The monoisotopic (exact) mass is 465 g/mol. The molecule has 1 atom stereocenters. The molecule has 0 aliphatic rings. The fourth-order valence-corrected chi connectivity index (χ4v) is 4.66. The minimum absolute atomic E-state index is 0.0348. The van der Waals surface area contributed by atoms with Crippen molar-refractivity contribution in [1.82, 2.24) is 4.37 Å². The van der Waals surface area contributed by atoms with E-state index < -0.39 is 7.82 Å². The van der Waals surface area contributed by atoms with Crippen LogP contribution in [0.25, 0.3) is 22.4 Å². The van der Waals surface area contributed by atoms with Gasteiger partial charge in [0.25, 0.3) is 0 Å². The van der Waals surface area contributed by atoms with Crippen LogP contribution < -0.4 is 18.7 Å². The lowest BCUT2D eigenvalue weighted by Crippen LogP contribution is -1.99. The molecule has 2 aromatic carbocycles. The number of methoxy groups -OCH3 is 3. The van der Waals surface area contributed by atoms with Gasteiger partial charge in [-0.1, -0.05) is 6.07 Å². The average Bonchev–Trinajstić information content (AvgIpc) is 3.22. The molecular weight excluding hydrogens is 441 g/mol. The largest absolute Gasteiger partial charge is 0.527 e. The van der Waals surface area contributed by atoms with E-state index in [-0.39, 0.29) is 12.4 Å². The summed E-state index contributed by atoms with van der Waals surface area (Å²) in [4.78, 5) is 9.90. The highest BCUT2D eigenvalue weighted by Gasteiger charge is 2.25. The Hall–Kier alpha value is -2.58. The fraction of sp³-hybridized carbons (Fsp3) is 0.286. The van der Waals surface area contributed by atoms with Gasteiger partial charge in [-0.2, -0.15) is 4.37 Å². The zero-order valence-corrected chi connectivity index (χ0v) is 19.6. The first kappa shape index (κ1) is 23.1. The minimum atomic E-state index is -4.27. The van der Waals surface area contributed by atoms with Gasteiger partial charge in [-0.3, -0.25) is 9.42 Å². The number of benzene rings is 2. The van der Waals surface area contributed by atoms with E-state index in [0.717, 1.165) is 27.9 Å². The second-order valence-electron chi connectivity index (χ2n) is 6.45. The lowest BCUT2D eigenvalue weighted by atomic mass is 9.99. The molecule has 0 fully saturated rings. The van der Waals surface area contributed by atoms with E-state index in [2.05, 4.69) is 4.37 Å². The third kappa shape index (κ3) is 5.02. The van der Waals surface area contributed by atoms with Gasteiger partial charge < -0.3 is 18.7 Å². The van der Waals surface area contributed by atoms with E-state index >= 15 is 0 Å². The number of ether oxygens (including phenoxy) is 3. The number of hydrogen-bond donors (Lipinski definition) is 1. The fourth-order valence-electron chi connectivity index (χ4n) is 3.17. The Labute approximate surface area is 185 Å². The van der Waals surface area contributed by atoms with Crippen molar-refractivity contribution in [2.75, 3.05) is 27.9 Å². The van der Waals surface area contributed by atoms with Gasteiger partial charge in [-0.05, 0) is 60.8 Å². The van der Waals surface area contributed by atoms with Gasteiger partial charge in [0.05, 0.1) is 33.6 Å². The molecule has 0 radical (unpaired) electrons. The standard InChI is InChI=1S/C21H24NO7PS/c1-6-28-30(23,24)29-18-10-14(7-8-17(18)25-3)16-12-31-22-20(16)15-9-13(2)21(27-5)19(11-15)26-4/h7-12H,6H2,1-5H3,(H,23,24). The zero-order chi connectivity index (χ0) is 22.6. The Balaban J connectivity index is 2.07. The summed E-state index contributed by atoms with van der Waals surface area (Å²) in [5.41, 5.74) is 4.07. The molecule has 0 aliphatic carbocycles. The van der Waals surface area contributed by atoms with Gasteiger partial charge in [0.15, 0.2) is 23.0 Å². The number of aryl methyl sites for hydroxylation is 1. The normalized spacial score (nSPS) is 12.8. The van der Waals surface area contributed by atoms with Crippen LogP contribution in [-0.4, -0.2) is 37.2 Å². The molecule has 1 N–H and O–H groups in total. The Morgan fingerprint density at radius 1 is 1.00 bits per heavy atom. The summed E-state index contributed by atoms with van der Waals surface area (Å²) in [6.45, 7) is 3.57. The molecule has 1 heterocycles. The second kappa shape index (κ2) is 9.70. The van der Waals surface area contributed by atoms with Crippen molar-refractivity contribution >= 4 is 19.4 Å². The molecule has 0 aliphatic heterocycles. The van der Waals surface area contributed by atoms with Crippen LogP contribution in [-0.2, 0) is 9.09 Å². The maximum atomic E-state index is 12.1. The number of rotatable bonds is 9. The van der Waals surface area contributed by atoms with Crippen molar-refractivity contribution in [2.24, 2.45) is 0 Å². The third-order valence-electron chi connectivity index (χ3n) is 4.49. The van der Waals surface area contributed by atoms with E-state index in [9.17, 15) is 9.46 Å². The van der Waals surface area contributed by atoms with Gasteiger partial charge in [0, 0.05) is 16.5 Å². The van der Waals surface area contributed by atoms with E-state index in [1.54, 1.807) is 33.3 Å². The van der Waals surface area contributed by atoms with Crippen molar-refractivity contribution in [2.45, 2.75) is 13.8 Å².